The van der Waals surface area contributed by atoms with E-state index in [1.54, 1.807) is 0 Å². The Bertz CT molecular complexity index is 408. The van der Waals surface area contributed by atoms with Gasteiger partial charge in [-0.3, -0.25) is 9.69 Å². The van der Waals surface area contributed by atoms with Crippen LogP contribution in [-0.2, 0) is 4.79 Å². The molecule has 1 fully saturated rings. The number of rotatable bonds is 4. The molecule has 0 radical (unpaired) electrons. The van der Waals surface area contributed by atoms with Crippen LogP contribution in [0.25, 0.3) is 0 Å². The molecule has 2 rings (SSSR count). The van der Waals surface area contributed by atoms with Crippen molar-refractivity contribution in [1.82, 2.24) is 9.80 Å². The molecule has 0 N–H and O–H groups in total. The Balaban J connectivity index is 2.22. The summed E-state index contributed by atoms with van der Waals surface area (Å²) in [5, 5.41) is 0. The van der Waals surface area contributed by atoms with E-state index in [9.17, 15) is 4.79 Å². The fraction of sp³-hybridized carbons (Fsp3) is 0.562. The summed E-state index contributed by atoms with van der Waals surface area (Å²) in [4.78, 5) is 17.2. The fourth-order valence-electron chi connectivity index (χ4n) is 2.59. The van der Waals surface area contributed by atoms with Gasteiger partial charge in [-0.1, -0.05) is 44.2 Å². The van der Waals surface area contributed by atoms with Crippen LogP contribution in [0, 0.1) is 5.92 Å². The molecule has 1 aromatic carbocycles. The van der Waals surface area contributed by atoms with Crippen LogP contribution in [0.15, 0.2) is 30.3 Å². The van der Waals surface area contributed by atoms with Crippen LogP contribution in [0.5, 0.6) is 0 Å². The largest absolute Gasteiger partial charge is 0.304 e. The number of carbonyl (C=O) groups is 1. The Morgan fingerprint density at radius 1 is 1.05 bits per heavy atom. The van der Waals surface area contributed by atoms with Crippen LogP contribution in [0.2, 0.25) is 0 Å². The Labute approximate surface area is 116 Å². The summed E-state index contributed by atoms with van der Waals surface area (Å²) < 4.78 is 0. The highest BCUT2D eigenvalue weighted by Crippen LogP contribution is 2.25. The van der Waals surface area contributed by atoms with E-state index in [2.05, 4.69) is 29.0 Å². The summed E-state index contributed by atoms with van der Waals surface area (Å²) in [6.07, 6.45) is 0. The van der Waals surface area contributed by atoms with Crippen LogP contribution >= 0.6 is 0 Å². The van der Waals surface area contributed by atoms with Gasteiger partial charge in [0.2, 0.25) is 0 Å². The van der Waals surface area contributed by atoms with E-state index < -0.39 is 0 Å². The summed E-state index contributed by atoms with van der Waals surface area (Å²) in [5.41, 5.74) is 1.13. The maximum Gasteiger partial charge on any atom is 0.157 e. The number of carbonyl (C=O) groups excluding carboxylic acids is 1. The van der Waals surface area contributed by atoms with Gasteiger partial charge in [-0.25, -0.2) is 0 Å². The number of piperazine rings is 1. The first-order chi connectivity index (χ1) is 9.09. The third-order valence-electron chi connectivity index (χ3n) is 3.86. The second-order valence-electron chi connectivity index (χ2n) is 5.71. The first-order valence-corrected chi connectivity index (χ1v) is 7.11. The molecule has 0 saturated carbocycles. The van der Waals surface area contributed by atoms with E-state index in [-0.39, 0.29) is 12.0 Å². The van der Waals surface area contributed by atoms with Gasteiger partial charge in [0.1, 0.15) is 0 Å². The molecule has 1 saturated heterocycles. The van der Waals surface area contributed by atoms with Crippen LogP contribution in [0.1, 0.15) is 25.5 Å². The Morgan fingerprint density at radius 2 is 1.63 bits per heavy atom. The Kier molecular flexibility index (Phi) is 4.72. The molecular formula is C16H24N2O. The lowest BCUT2D eigenvalue weighted by atomic mass is 9.93. The molecule has 104 valence electrons. The highest BCUT2D eigenvalue weighted by atomic mass is 16.1. The molecule has 0 bridgehead atoms. The highest BCUT2D eigenvalue weighted by Gasteiger charge is 2.30. The van der Waals surface area contributed by atoms with Crippen molar-refractivity contribution in [2.24, 2.45) is 5.92 Å². The molecule has 3 heteroatoms. The SMILES string of the molecule is CC(C)C(=O)[C@@H](c1ccccc1)N1CCN(C)CC1. The second-order valence-corrected chi connectivity index (χ2v) is 5.71. The van der Waals surface area contributed by atoms with E-state index in [1.165, 1.54) is 0 Å². The Hall–Kier alpha value is -1.19. The molecule has 1 heterocycles. The van der Waals surface area contributed by atoms with Crippen molar-refractivity contribution in [2.75, 3.05) is 33.2 Å². The highest BCUT2D eigenvalue weighted by molar-refractivity contribution is 5.86. The molecule has 1 atom stereocenters. The molecule has 0 amide bonds. The number of likely N-dealkylation sites (N-methyl/N-ethyl adjacent to an activating group) is 1. The van der Waals surface area contributed by atoms with Gasteiger partial charge >= 0.3 is 0 Å². The van der Waals surface area contributed by atoms with E-state index in [0.29, 0.717) is 5.78 Å². The molecule has 0 unspecified atom stereocenters. The van der Waals surface area contributed by atoms with Crippen molar-refractivity contribution in [3.8, 4) is 0 Å². The van der Waals surface area contributed by atoms with Crippen molar-refractivity contribution < 1.29 is 4.79 Å². The molecule has 0 spiro atoms. The van der Waals surface area contributed by atoms with Gasteiger partial charge < -0.3 is 4.90 Å². The third-order valence-corrected chi connectivity index (χ3v) is 3.86. The zero-order chi connectivity index (χ0) is 13.8. The van der Waals surface area contributed by atoms with Crippen LogP contribution in [0.3, 0.4) is 0 Å². The average Bonchev–Trinajstić information content (AvgIpc) is 2.42. The topological polar surface area (TPSA) is 23.6 Å². The van der Waals surface area contributed by atoms with E-state index in [4.69, 9.17) is 0 Å². The maximum atomic E-state index is 12.6. The van der Waals surface area contributed by atoms with Gasteiger partial charge in [0.25, 0.3) is 0 Å². The van der Waals surface area contributed by atoms with Crippen molar-refractivity contribution >= 4 is 5.78 Å². The molecule has 19 heavy (non-hydrogen) atoms. The molecular weight excluding hydrogens is 236 g/mol. The lowest BCUT2D eigenvalue weighted by molar-refractivity contribution is -0.128. The molecule has 1 aliphatic rings. The second kappa shape index (κ2) is 6.31. The first-order valence-electron chi connectivity index (χ1n) is 7.11. The van der Waals surface area contributed by atoms with Gasteiger partial charge in [-0.15, -0.1) is 0 Å². The van der Waals surface area contributed by atoms with Gasteiger partial charge in [0.15, 0.2) is 5.78 Å². The summed E-state index contributed by atoms with van der Waals surface area (Å²) >= 11 is 0. The third kappa shape index (κ3) is 3.43. The van der Waals surface area contributed by atoms with Gasteiger partial charge in [-0.2, -0.15) is 0 Å². The van der Waals surface area contributed by atoms with Crippen LogP contribution in [0.4, 0.5) is 0 Å². The fourth-order valence-corrected chi connectivity index (χ4v) is 2.59. The molecule has 1 aromatic rings. The number of ketones is 1. The van der Waals surface area contributed by atoms with Crippen LogP contribution < -0.4 is 0 Å². The normalized spacial score (nSPS) is 19.6. The number of hydrogen-bond donors (Lipinski definition) is 0. The van der Waals surface area contributed by atoms with Gasteiger partial charge in [0.05, 0.1) is 6.04 Å². The minimum atomic E-state index is -0.0742. The number of Topliss-reactive ketones (excluding diaryl/α,β-unsaturated/α-hetero) is 1. The van der Waals surface area contributed by atoms with Crippen molar-refractivity contribution in [1.29, 1.82) is 0 Å². The van der Waals surface area contributed by atoms with Crippen LogP contribution in [-0.4, -0.2) is 48.8 Å². The van der Waals surface area contributed by atoms with Crippen molar-refractivity contribution in [3.05, 3.63) is 35.9 Å². The van der Waals surface area contributed by atoms with E-state index in [1.807, 2.05) is 32.0 Å². The zero-order valence-electron chi connectivity index (χ0n) is 12.2. The van der Waals surface area contributed by atoms with Crippen molar-refractivity contribution in [2.45, 2.75) is 19.9 Å². The predicted octanol–water partition coefficient (Wildman–Crippen LogP) is 2.20. The summed E-state index contributed by atoms with van der Waals surface area (Å²) in [5.74, 6) is 0.403. The molecule has 3 nitrogen and oxygen atoms in total. The molecule has 0 aromatic heterocycles. The van der Waals surface area contributed by atoms with E-state index >= 15 is 0 Å². The quantitative estimate of drug-likeness (QED) is 0.829. The predicted molar refractivity (Wildman–Crippen MR) is 78.1 cm³/mol. The first kappa shape index (κ1) is 14.2. The monoisotopic (exact) mass is 260 g/mol. The van der Waals surface area contributed by atoms with Gasteiger partial charge in [0, 0.05) is 32.1 Å². The molecule has 0 aliphatic carbocycles. The average molecular weight is 260 g/mol. The minimum absolute atomic E-state index is 0.0739. The summed E-state index contributed by atoms with van der Waals surface area (Å²) in [7, 11) is 2.14. The zero-order valence-corrected chi connectivity index (χ0v) is 12.2. The number of hydrogen-bond acceptors (Lipinski definition) is 3. The minimum Gasteiger partial charge on any atom is -0.304 e. The summed E-state index contributed by atoms with van der Waals surface area (Å²) in [6, 6.07) is 10.1. The summed E-state index contributed by atoms with van der Waals surface area (Å²) in [6.45, 7) is 8.00. The smallest absolute Gasteiger partial charge is 0.157 e. The standard InChI is InChI=1S/C16H24N2O/c1-13(2)16(19)15(14-7-5-4-6-8-14)18-11-9-17(3)10-12-18/h4-8,13,15H,9-12H2,1-3H3/t15-/m1/s1. The van der Waals surface area contributed by atoms with Gasteiger partial charge in [-0.05, 0) is 12.6 Å². The lowest BCUT2D eigenvalue weighted by Crippen LogP contribution is -2.48. The maximum absolute atomic E-state index is 12.6. The number of benzene rings is 1. The van der Waals surface area contributed by atoms with E-state index in [0.717, 1.165) is 31.7 Å². The lowest BCUT2D eigenvalue weighted by Gasteiger charge is -2.38. The Morgan fingerprint density at radius 3 is 2.16 bits per heavy atom. The number of nitrogens with zero attached hydrogens (tertiary/aromatic N) is 2. The molecule has 1 aliphatic heterocycles. The van der Waals surface area contributed by atoms with Crippen molar-refractivity contribution in [3.63, 3.8) is 0 Å².